The lowest BCUT2D eigenvalue weighted by atomic mass is 10.4. The minimum Gasteiger partial charge on any atom is -0.221 e. The molecular weight excluding hydrogens is 406 g/mol. The molecule has 24 heavy (non-hydrogen) atoms. The highest BCUT2D eigenvalue weighted by molar-refractivity contribution is 7.87. The van der Waals surface area contributed by atoms with E-state index in [9.17, 15) is 0 Å². The molecule has 0 amide bonds. The summed E-state index contributed by atoms with van der Waals surface area (Å²) in [6.07, 6.45) is 0. The number of halogens is 4. The van der Waals surface area contributed by atoms with Gasteiger partial charge in [0.2, 0.25) is 0 Å². The molecule has 122 valence electrons. The fourth-order valence-electron chi connectivity index (χ4n) is 1.99. The predicted molar refractivity (Wildman–Crippen MR) is 103 cm³/mol. The molecule has 0 bridgehead atoms. The Hall–Kier alpha value is -1.10. The number of nitrogens with zero attached hydrogens (tertiary/aromatic N) is 2. The van der Waals surface area contributed by atoms with Crippen LogP contribution in [0.3, 0.4) is 0 Å². The van der Waals surface area contributed by atoms with E-state index in [0.717, 1.165) is 9.79 Å². The van der Waals surface area contributed by atoms with E-state index < -0.39 is 10.7 Å². The van der Waals surface area contributed by atoms with Gasteiger partial charge in [-0.15, -0.1) is 0 Å². The highest BCUT2D eigenvalue weighted by Gasteiger charge is 2.16. The molecule has 3 aromatic rings. The molecule has 0 aliphatic carbocycles. The zero-order chi connectivity index (χ0) is 17.1. The fraction of sp³-hybridized carbons (Fsp3) is 0. The second-order valence-corrected chi connectivity index (χ2v) is 7.84. The number of aromatic nitrogens is 1. The summed E-state index contributed by atoms with van der Waals surface area (Å²) in [6.45, 7) is 0. The van der Waals surface area contributed by atoms with Crippen molar-refractivity contribution in [1.29, 1.82) is 0 Å². The largest absolute Gasteiger partial charge is 0.221 e. The lowest BCUT2D eigenvalue weighted by Crippen LogP contribution is -1.93. The van der Waals surface area contributed by atoms with Crippen molar-refractivity contribution in [3.63, 3.8) is 0 Å². The van der Waals surface area contributed by atoms with Crippen LogP contribution in [0.2, 0.25) is 20.4 Å². The highest BCUT2D eigenvalue weighted by atomic mass is 35.5. The maximum atomic E-state index is 6.26. The number of pyridine rings is 1. The molecule has 0 radical (unpaired) electrons. The van der Waals surface area contributed by atoms with Crippen LogP contribution in [0.4, 0.5) is 5.69 Å². The van der Waals surface area contributed by atoms with Gasteiger partial charge in [0.25, 0.3) is 0 Å². The molecule has 0 fully saturated rings. The van der Waals surface area contributed by atoms with Crippen LogP contribution in [0.5, 0.6) is 0 Å². The van der Waals surface area contributed by atoms with Crippen molar-refractivity contribution in [1.82, 2.24) is 4.98 Å². The van der Waals surface area contributed by atoms with Gasteiger partial charge in [0.1, 0.15) is 15.7 Å². The molecule has 0 saturated carbocycles. The zero-order valence-electron chi connectivity index (χ0n) is 12.1. The second kappa shape index (κ2) is 7.85. The van der Waals surface area contributed by atoms with Gasteiger partial charge in [-0.1, -0.05) is 82.8 Å². The predicted octanol–water partition coefficient (Wildman–Crippen LogP) is 7.25. The molecule has 0 N–H and O–H groups in total. The monoisotopic (exact) mass is 414 g/mol. The molecule has 1 heterocycles. The van der Waals surface area contributed by atoms with Gasteiger partial charge in [0.15, 0.2) is 10.3 Å². The van der Waals surface area contributed by atoms with Crippen LogP contribution in [-0.2, 0) is 10.7 Å². The van der Waals surface area contributed by atoms with Gasteiger partial charge in [0.05, 0.1) is 0 Å². The minimum absolute atomic E-state index is 0.0782. The first kappa shape index (κ1) is 17.7. The van der Waals surface area contributed by atoms with E-state index in [4.69, 9.17) is 50.8 Å². The van der Waals surface area contributed by atoms with E-state index in [-0.39, 0.29) is 20.4 Å². The lowest BCUT2D eigenvalue weighted by molar-refractivity contribution is 1.31. The topological polar surface area (TPSA) is 25.2 Å². The average Bonchev–Trinajstić information content (AvgIpc) is 2.62. The van der Waals surface area contributed by atoms with E-state index in [1.165, 1.54) is 0 Å². The van der Waals surface area contributed by atoms with Crippen LogP contribution >= 0.6 is 46.4 Å². The van der Waals surface area contributed by atoms with Crippen LogP contribution in [-0.4, -0.2) is 4.98 Å². The fourth-order valence-corrected chi connectivity index (χ4v) is 4.56. The Bertz CT molecular complexity index is 832. The van der Waals surface area contributed by atoms with Gasteiger partial charge in [-0.2, -0.15) is 0 Å². The van der Waals surface area contributed by atoms with Gasteiger partial charge >= 0.3 is 0 Å². The first-order valence-corrected chi connectivity index (χ1v) is 9.53. The maximum absolute atomic E-state index is 6.26. The van der Waals surface area contributed by atoms with Gasteiger partial charge in [0, 0.05) is 9.79 Å². The van der Waals surface area contributed by atoms with Crippen LogP contribution in [0.1, 0.15) is 0 Å². The minimum atomic E-state index is -0.628. The highest BCUT2D eigenvalue weighted by Crippen LogP contribution is 2.42. The summed E-state index contributed by atoms with van der Waals surface area (Å²) in [5, 5.41) is 0.537. The van der Waals surface area contributed by atoms with Crippen molar-refractivity contribution in [2.75, 3.05) is 0 Å². The van der Waals surface area contributed by atoms with E-state index in [1.807, 2.05) is 60.7 Å². The van der Waals surface area contributed by atoms with Crippen LogP contribution in [0.15, 0.2) is 74.8 Å². The average molecular weight is 416 g/mol. The quantitative estimate of drug-likeness (QED) is 0.413. The Morgan fingerprint density at radius 2 is 1.08 bits per heavy atom. The molecule has 3 rings (SSSR count). The van der Waals surface area contributed by atoms with Gasteiger partial charge in [-0.25, -0.2) is 9.35 Å². The standard InChI is InChI=1S/C17H10Cl4N2S/c18-13-15(14(19)17(21)22-16(13)20)23-24(11-7-3-1-4-8-11)12-9-5-2-6-10-12/h1-10H. The van der Waals surface area contributed by atoms with Crippen molar-refractivity contribution < 1.29 is 0 Å². The molecule has 0 saturated heterocycles. The molecule has 2 aromatic carbocycles. The Morgan fingerprint density at radius 1 is 0.667 bits per heavy atom. The first-order chi connectivity index (χ1) is 11.6. The Kier molecular flexibility index (Phi) is 5.80. The molecule has 0 aliphatic rings. The normalized spacial score (nSPS) is 10.9. The number of hydrogen-bond acceptors (Lipinski definition) is 2. The Balaban J connectivity index is 2.27. The number of benzene rings is 2. The third-order valence-corrected chi connectivity index (χ3v) is 6.35. The van der Waals surface area contributed by atoms with Gasteiger partial charge in [-0.05, 0) is 35.0 Å². The van der Waals surface area contributed by atoms with Crippen LogP contribution < -0.4 is 0 Å². The van der Waals surface area contributed by atoms with E-state index in [1.54, 1.807) is 0 Å². The van der Waals surface area contributed by atoms with Crippen LogP contribution in [0.25, 0.3) is 0 Å². The lowest BCUT2D eigenvalue weighted by Gasteiger charge is -2.11. The third-order valence-electron chi connectivity index (χ3n) is 3.09. The third kappa shape index (κ3) is 3.76. The SMILES string of the molecule is Clc1nc(Cl)c(Cl)c(N=S(c2ccccc2)c2ccccc2)c1Cl. The summed E-state index contributed by atoms with van der Waals surface area (Å²) in [4.78, 5) is 5.95. The van der Waals surface area contributed by atoms with E-state index in [0.29, 0.717) is 5.69 Å². The van der Waals surface area contributed by atoms with E-state index in [2.05, 4.69) is 4.98 Å². The van der Waals surface area contributed by atoms with Crippen molar-refractivity contribution in [3.05, 3.63) is 81.0 Å². The summed E-state index contributed by atoms with van der Waals surface area (Å²) < 4.78 is 4.77. The summed E-state index contributed by atoms with van der Waals surface area (Å²) >= 11 is 24.6. The van der Waals surface area contributed by atoms with Crippen molar-refractivity contribution in [2.24, 2.45) is 4.36 Å². The van der Waals surface area contributed by atoms with Crippen molar-refractivity contribution in [3.8, 4) is 0 Å². The summed E-state index contributed by atoms with van der Waals surface area (Å²) in [5.41, 5.74) is 0.347. The van der Waals surface area contributed by atoms with Crippen molar-refractivity contribution in [2.45, 2.75) is 9.79 Å². The maximum Gasteiger partial charge on any atom is 0.151 e. The Labute approximate surface area is 162 Å². The zero-order valence-corrected chi connectivity index (χ0v) is 15.9. The molecular formula is C17H10Cl4N2S. The van der Waals surface area contributed by atoms with Crippen LogP contribution in [0, 0.1) is 0 Å². The summed E-state index contributed by atoms with van der Waals surface area (Å²) in [6, 6.07) is 19.8. The molecule has 7 heteroatoms. The molecule has 0 spiro atoms. The molecule has 0 aliphatic heterocycles. The molecule has 1 aromatic heterocycles. The molecule has 2 nitrogen and oxygen atoms in total. The summed E-state index contributed by atoms with van der Waals surface area (Å²) in [7, 11) is -0.628. The first-order valence-electron chi connectivity index (χ1n) is 6.84. The smallest absolute Gasteiger partial charge is 0.151 e. The van der Waals surface area contributed by atoms with Gasteiger partial charge < -0.3 is 0 Å². The van der Waals surface area contributed by atoms with Crippen molar-refractivity contribution >= 4 is 62.8 Å². The van der Waals surface area contributed by atoms with Gasteiger partial charge in [-0.3, -0.25) is 0 Å². The number of hydrogen-bond donors (Lipinski definition) is 0. The summed E-state index contributed by atoms with van der Waals surface area (Å²) in [5.74, 6) is 0. The Morgan fingerprint density at radius 3 is 1.50 bits per heavy atom. The van der Waals surface area contributed by atoms with E-state index >= 15 is 0 Å². The second-order valence-electron chi connectivity index (χ2n) is 4.67. The number of rotatable bonds is 3. The molecule has 0 unspecified atom stereocenters. The molecule has 0 atom stereocenters.